The molecule has 0 bridgehead atoms. The summed E-state index contributed by atoms with van der Waals surface area (Å²) in [6, 6.07) is 7.26. The summed E-state index contributed by atoms with van der Waals surface area (Å²) >= 11 is 0. The fraction of sp³-hybridized carbons (Fsp3) is 0.308. The Balaban J connectivity index is 1.94. The minimum atomic E-state index is -0.187. The zero-order chi connectivity index (χ0) is 12.3. The van der Waals surface area contributed by atoms with Gasteiger partial charge in [0.15, 0.2) is 0 Å². The highest BCUT2D eigenvalue weighted by Gasteiger charge is 2.23. The maximum atomic E-state index is 11.4. The average molecular weight is 233 g/mol. The van der Waals surface area contributed by atoms with E-state index in [2.05, 4.69) is 11.9 Å². The predicted molar refractivity (Wildman–Crippen MR) is 65.1 cm³/mol. The van der Waals surface area contributed by atoms with Gasteiger partial charge in [0.1, 0.15) is 18.5 Å². The van der Waals surface area contributed by atoms with Gasteiger partial charge in [-0.25, -0.2) is 0 Å². The zero-order valence-electron chi connectivity index (χ0n) is 9.73. The molecule has 1 N–H and O–H groups in total. The van der Waals surface area contributed by atoms with E-state index in [1.807, 2.05) is 12.1 Å². The first kappa shape index (κ1) is 11.7. The van der Waals surface area contributed by atoms with Crippen molar-refractivity contribution in [3.8, 4) is 5.75 Å². The first-order chi connectivity index (χ1) is 8.15. The summed E-state index contributed by atoms with van der Waals surface area (Å²) in [5.41, 5.74) is 1.18. The Morgan fingerprint density at radius 2 is 2.41 bits per heavy atom. The van der Waals surface area contributed by atoms with Gasteiger partial charge in [-0.05, 0) is 19.1 Å². The average Bonchev–Trinajstić information content (AvgIpc) is 3.10. The van der Waals surface area contributed by atoms with Crippen molar-refractivity contribution in [1.82, 2.24) is 0 Å². The Kier molecular flexibility index (Phi) is 3.44. The van der Waals surface area contributed by atoms with Crippen LogP contribution in [0.3, 0.4) is 0 Å². The molecule has 4 heteroatoms. The number of carbonyl (C=O) groups excluding carboxylic acids is 1. The Bertz CT molecular complexity index is 438. The second-order valence-corrected chi connectivity index (χ2v) is 4.03. The number of epoxide rings is 1. The Labute approximate surface area is 100 Å². The van der Waals surface area contributed by atoms with Crippen LogP contribution in [0.5, 0.6) is 5.75 Å². The van der Waals surface area contributed by atoms with Gasteiger partial charge < -0.3 is 14.8 Å². The number of anilines is 1. The molecule has 17 heavy (non-hydrogen) atoms. The minimum absolute atomic E-state index is 0.187. The molecule has 1 unspecified atom stereocenters. The summed E-state index contributed by atoms with van der Waals surface area (Å²) in [7, 11) is 0. The lowest BCUT2D eigenvalue weighted by Crippen LogP contribution is -2.12. The summed E-state index contributed by atoms with van der Waals surface area (Å²) in [6.07, 6.45) is 0.226. The molecular formula is C13H15NO3. The number of nitrogens with one attached hydrogen (secondary N) is 1. The summed E-state index contributed by atoms with van der Waals surface area (Å²) in [6.45, 7) is 6.57. The highest BCUT2D eigenvalue weighted by molar-refractivity contribution is 6.02. The van der Waals surface area contributed by atoms with Crippen LogP contribution in [0.25, 0.3) is 0 Å². The smallest absolute Gasteiger partial charge is 0.250 e. The second-order valence-electron chi connectivity index (χ2n) is 4.03. The van der Waals surface area contributed by atoms with Crippen molar-refractivity contribution in [3.05, 3.63) is 36.4 Å². The van der Waals surface area contributed by atoms with Crippen LogP contribution in [0.15, 0.2) is 36.4 Å². The van der Waals surface area contributed by atoms with E-state index in [1.165, 1.54) is 0 Å². The lowest BCUT2D eigenvalue weighted by molar-refractivity contribution is -0.112. The molecule has 1 aromatic rings. The Hall–Kier alpha value is -1.81. The summed E-state index contributed by atoms with van der Waals surface area (Å²) in [5.74, 6) is 0.535. The molecule has 0 aliphatic carbocycles. The van der Waals surface area contributed by atoms with Crippen molar-refractivity contribution in [2.45, 2.75) is 13.0 Å². The first-order valence-electron chi connectivity index (χ1n) is 5.46. The normalized spacial score (nSPS) is 17.4. The summed E-state index contributed by atoms with van der Waals surface area (Å²) in [5, 5.41) is 2.74. The van der Waals surface area contributed by atoms with Gasteiger partial charge >= 0.3 is 0 Å². The molecule has 0 saturated carbocycles. The molecule has 1 aliphatic heterocycles. The van der Waals surface area contributed by atoms with E-state index < -0.39 is 0 Å². The third-order valence-electron chi connectivity index (χ3n) is 2.32. The van der Waals surface area contributed by atoms with E-state index in [4.69, 9.17) is 9.47 Å². The topological polar surface area (TPSA) is 50.9 Å². The third-order valence-corrected chi connectivity index (χ3v) is 2.32. The van der Waals surface area contributed by atoms with Crippen LogP contribution >= 0.6 is 0 Å². The first-order valence-corrected chi connectivity index (χ1v) is 5.46. The lowest BCUT2D eigenvalue weighted by atomic mass is 10.2. The number of amides is 1. The van der Waals surface area contributed by atoms with Crippen molar-refractivity contribution in [2.75, 3.05) is 18.5 Å². The van der Waals surface area contributed by atoms with Crippen LogP contribution in [0.1, 0.15) is 6.92 Å². The van der Waals surface area contributed by atoms with Gasteiger partial charge in [0.25, 0.3) is 5.91 Å². The van der Waals surface area contributed by atoms with Crippen molar-refractivity contribution < 1.29 is 14.3 Å². The molecule has 1 aliphatic rings. The predicted octanol–water partition coefficient (Wildman–Crippen LogP) is 1.98. The summed E-state index contributed by atoms with van der Waals surface area (Å²) < 4.78 is 10.6. The molecule has 4 nitrogen and oxygen atoms in total. The number of hydrogen-bond acceptors (Lipinski definition) is 3. The van der Waals surface area contributed by atoms with Crippen LogP contribution < -0.4 is 10.1 Å². The van der Waals surface area contributed by atoms with Crippen molar-refractivity contribution in [3.63, 3.8) is 0 Å². The van der Waals surface area contributed by atoms with Crippen molar-refractivity contribution in [1.29, 1.82) is 0 Å². The largest absolute Gasteiger partial charge is 0.491 e. The van der Waals surface area contributed by atoms with Crippen LogP contribution in [-0.2, 0) is 9.53 Å². The minimum Gasteiger partial charge on any atom is -0.491 e. The molecular weight excluding hydrogens is 218 g/mol. The van der Waals surface area contributed by atoms with Crippen LogP contribution in [0, 0.1) is 0 Å². The third kappa shape index (κ3) is 3.60. The molecule has 1 atom stereocenters. The molecule has 0 spiro atoms. The fourth-order valence-electron chi connectivity index (χ4n) is 1.25. The van der Waals surface area contributed by atoms with Gasteiger partial charge in [-0.15, -0.1) is 0 Å². The number of rotatable bonds is 5. The van der Waals surface area contributed by atoms with Gasteiger partial charge in [-0.1, -0.05) is 12.6 Å². The molecule has 0 aromatic heterocycles. The van der Waals surface area contributed by atoms with E-state index in [1.54, 1.807) is 19.1 Å². The van der Waals surface area contributed by atoms with Gasteiger partial charge in [-0.2, -0.15) is 0 Å². The zero-order valence-corrected chi connectivity index (χ0v) is 9.73. The van der Waals surface area contributed by atoms with Crippen molar-refractivity contribution in [2.24, 2.45) is 0 Å². The molecule has 0 radical (unpaired) electrons. The lowest BCUT2D eigenvalue weighted by Gasteiger charge is -2.08. The Morgan fingerprint density at radius 3 is 3.06 bits per heavy atom. The van der Waals surface area contributed by atoms with Crippen molar-refractivity contribution >= 4 is 11.6 Å². The van der Waals surface area contributed by atoms with Crippen LogP contribution in [0.2, 0.25) is 0 Å². The van der Waals surface area contributed by atoms with E-state index in [0.29, 0.717) is 17.9 Å². The monoisotopic (exact) mass is 233 g/mol. The number of ether oxygens (including phenoxy) is 2. The van der Waals surface area contributed by atoms with E-state index in [-0.39, 0.29) is 12.0 Å². The molecule has 1 amide bonds. The molecule has 2 rings (SSSR count). The number of carbonyl (C=O) groups is 1. The molecule has 1 aromatic carbocycles. The fourth-order valence-corrected chi connectivity index (χ4v) is 1.25. The van der Waals surface area contributed by atoms with Crippen LogP contribution in [0.4, 0.5) is 5.69 Å². The molecule has 1 saturated heterocycles. The SMILES string of the molecule is C=C(C)C(=O)Nc1cccc(OCC2CO2)c1. The van der Waals surface area contributed by atoms with Gasteiger partial charge in [0.05, 0.1) is 6.61 Å². The van der Waals surface area contributed by atoms with Gasteiger partial charge in [0, 0.05) is 17.3 Å². The van der Waals surface area contributed by atoms with E-state index >= 15 is 0 Å². The second kappa shape index (κ2) is 5.01. The standard InChI is InChI=1S/C13H15NO3/c1-9(2)13(15)14-10-4-3-5-11(6-10)16-7-12-8-17-12/h3-6,12H,1,7-8H2,2H3,(H,14,15). The van der Waals surface area contributed by atoms with Crippen LogP contribution in [-0.4, -0.2) is 25.2 Å². The quantitative estimate of drug-likeness (QED) is 0.625. The maximum absolute atomic E-state index is 11.4. The molecule has 1 fully saturated rings. The van der Waals surface area contributed by atoms with E-state index in [0.717, 1.165) is 12.4 Å². The Morgan fingerprint density at radius 1 is 1.65 bits per heavy atom. The van der Waals surface area contributed by atoms with Gasteiger partial charge in [-0.3, -0.25) is 4.79 Å². The highest BCUT2D eigenvalue weighted by Crippen LogP contribution is 2.19. The molecule has 1 heterocycles. The number of benzene rings is 1. The van der Waals surface area contributed by atoms with E-state index in [9.17, 15) is 4.79 Å². The van der Waals surface area contributed by atoms with Gasteiger partial charge in [0.2, 0.25) is 0 Å². The maximum Gasteiger partial charge on any atom is 0.250 e. The number of hydrogen-bond donors (Lipinski definition) is 1. The highest BCUT2D eigenvalue weighted by atomic mass is 16.6. The summed E-state index contributed by atoms with van der Waals surface area (Å²) in [4.78, 5) is 11.4. The molecule has 90 valence electrons.